The van der Waals surface area contributed by atoms with Crippen LogP contribution < -0.4 is 16.8 Å². The maximum Gasteiger partial charge on any atom is 0.250 e. The van der Waals surface area contributed by atoms with Crippen molar-refractivity contribution < 1.29 is 4.79 Å². The van der Waals surface area contributed by atoms with E-state index in [1.807, 2.05) is 6.07 Å². The van der Waals surface area contributed by atoms with Crippen molar-refractivity contribution in [2.75, 3.05) is 23.9 Å². The summed E-state index contributed by atoms with van der Waals surface area (Å²) in [5.41, 5.74) is 12.5. The van der Waals surface area contributed by atoms with Crippen molar-refractivity contribution in [2.24, 2.45) is 5.73 Å². The summed E-state index contributed by atoms with van der Waals surface area (Å²) in [5.74, 6) is -0.504. The highest BCUT2D eigenvalue weighted by molar-refractivity contribution is 7.99. The van der Waals surface area contributed by atoms with Crippen molar-refractivity contribution in [3.05, 3.63) is 23.8 Å². The number of thioether (sulfide) groups is 1. The number of primary amides is 1. The molecule has 0 aliphatic carbocycles. The lowest BCUT2D eigenvalue weighted by Gasteiger charge is -2.23. The molecule has 1 aromatic rings. The van der Waals surface area contributed by atoms with Crippen LogP contribution in [0.15, 0.2) is 18.2 Å². The zero-order valence-electron chi connectivity index (χ0n) is 10.4. The Labute approximate surface area is 106 Å². The summed E-state index contributed by atoms with van der Waals surface area (Å²) in [6.45, 7) is 5.10. The second-order valence-corrected chi connectivity index (χ2v) is 6.00. The monoisotopic (exact) mass is 253 g/mol. The minimum atomic E-state index is -0.504. The van der Waals surface area contributed by atoms with E-state index in [0.717, 1.165) is 12.2 Å². The molecule has 5 N–H and O–H groups in total. The van der Waals surface area contributed by atoms with Crippen LogP contribution in [0.1, 0.15) is 24.2 Å². The van der Waals surface area contributed by atoms with Crippen molar-refractivity contribution in [1.29, 1.82) is 0 Å². The molecule has 4 nitrogen and oxygen atoms in total. The van der Waals surface area contributed by atoms with E-state index < -0.39 is 5.91 Å². The van der Waals surface area contributed by atoms with Gasteiger partial charge in [-0.1, -0.05) is 0 Å². The molecule has 0 saturated heterocycles. The lowest BCUT2D eigenvalue weighted by atomic mass is 10.1. The highest BCUT2D eigenvalue weighted by atomic mass is 32.2. The quantitative estimate of drug-likeness (QED) is 0.700. The van der Waals surface area contributed by atoms with Crippen LogP contribution in [-0.4, -0.2) is 23.5 Å². The van der Waals surface area contributed by atoms with Crippen LogP contribution in [0.25, 0.3) is 0 Å². The Balaban J connectivity index is 2.80. The molecule has 94 valence electrons. The van der Waals surface area contributed by atoms with E-state index in [1.165, 1.54) is 0 Å². The molecule has 0 aliphatic rings. The molecule has 0 heterocycles. The first kappa shape index (κ1) is 13.7. The topological polar surface area (TPSA) is 81.1 Å². The van der Waals surface area contributed by atoms with E-state index in [-0.39, 0.29) is 4.75 Å². The average Bonchev–Trinajstić information content (AvgIpc) is 2.27. The lowest BCUT2D eigenvalue weighted by Crippen LogP contribution is -2.26. The van der Waals surface area contributed by atoms with E-state index in [4.69, 9.17) is 11.5 Å². The van der Waals surface area contributed by atoms with Gasteiger partial charge < -0.3 is 16.8 Å². The molecule has 0 radical (unpaired) electrons. The number of benzene rings is 1. The number of hydrogen-bond donors (Lipinski definition) is 3. The minimum absolute atomic E-state index is 0.133. The van der Waals surface area contributed by atoms with Crippen LogP contribution in [0.5, 0.6) is 0 Å². The number of nitrogens with one attached hydrogen (secondary N) is 1. The van der Waals surface area contributed by atoms with Gasteiger partial charge in [0.1, 0.15) is 0 Å². The molecule has 0 fully saturated rings. The molecule has 0 bridgehead atoms. The van der Waals surface area contributed by atoms with Crippen LogP contribution in [-0.2, 0) is 0 Å². The number of anilines is 2. The van der Waals surface area contributed by atoms with Gasteiger partial charge in [0.25, 0.3) is 5.91 Å². The fourth-order valence-corrected chi connectivity index (χ4v) is 1.48. The molecule has 0 spiro atoms. The Hall–Kier alpha value is -1.36. The molecular weight excluding hydrogens is 234 g/mol. The smallest absolute Gasteiger partial charge is 0.250 e. The molecule has 1 aromatic carbocycles. The van der Waals surface area contributed by atoms with Crippen LogP contribution in [0.3, 0.4) is 0 Å². The van der Waals surface area contributed by atoms with Crippen molar-refractivity contribution in [3.8, 4) is 0 Å². The standard InChI is InChI=1S/C12H19N3OS/c1-12(2,17-3)7-15-8-4-5-10(13)9(6-8)11(14)16/h4-6,15H,7,13H2,1-3H3,(H2,14,16). The zero-order chi connectivity index (χ0) is 13.1. The molecule has 1 amide bonds. The van der Waals surface area contributed by atoms with Gasteiger partial charge in [-0.3, -0.25) is 4.79 Å². The Morgan fingerprint density at radius 1 is 1.47 bits per heavy atom. The number of amides is 1. The number of nitrogens with two attached hydrogens (primary N) is 2. The lowest BCUT2D eigenvalue weighted by molar-refractivity contribution is 0.100. The number of rotatable bonds is 5. The van der Waals surface area contributed by atoms with Crippen LogP contribution in [0.4, 0.5) is 11.4 Å². The predicted molar refractivity (Wildman–Crippen MR) is 75.5 cm³/mol. The van der Waals surface area contributed by atoms with Gasteiger partial charge in [0.2, 0.25) is 0 Å². The van der Waals surface area contributed by atoms with Gasteiger partial charge in [0.05, 0.1) is 5.56 Å². The fourth-order valence-electron chi connectivity index (χ4n) is 1.27. The molecular formula is C12H19N3OS. The molecule has 1 rings (SSSR count). The third-order valence-electron chi connectivity index (χ3n) is 2.59. The SMILES string of the molecule is CSC(C)(C)CNc1ccc(N)c(C(N)=O)c1. The molecule has 5 heteroatoms. The van der Waals surface area contributed by atoms with Crippen molar-refractivity contribution in [1.82, 2.24) is 0 Å². The number of nitrogen functional groups attached to an aromatic ring is 1. The van der Waals surface area contributed by atoms with Gasteiger partial charge in [-0.2, -0.15) is 11.8 Å². The van der Waals surface area contributed by atoms with Crippen molar-refractivity contribution in [2.45, 2.75) is 18.6 Å². The van der Waals surface area contributed by atoms with Gasteiger partial charge in [0.15, 0.2) is 0 Å². The molecule has 0 aromatic heterocycles. The maximum absolute atomic E-state index is 11.1. The largest absolute Gasteiger partial charge is 0.398 e. The molecule has 0 atom stereocenters. The van der Waals surface area contributed by atoms with Crippen molar-refractivity contribution >= 4 is 29.0 Å². The van der Waals surface area contributed by atoms with Crippen LogP contribution >= 0.6 is 11.8 Å². The summed E-state index contributed by atoms with van der Waals surface area (Å²) in [6, 6.07) is 5.22. The third kappa shape index (κ3) is 3.85. The summed E-state index contributed by atoms with van der Waals surface area (Å²) >= 11 is 1.78. The molecule has 17 heavy (non-hydrogen) atoms. The normalized spacial score (nSPS) is 11.2. The Bertz CT molecular complexity index is 418. The summed E-state index contributed by atoms with van der Waals surface area (Å²) in [7, 11) is 0. The van der Waals surface area contributed by atoms with Crippen LogP contribution in [0.2, 0.25) is 0 Å². The summed E-state index contributed by atoms with van der Waals surface area (Å²) in [4.78, 5) is 11.1. The van der Waals surface area contributed by atoms with Gasteiger partial charge in [-0.25, -0.2) is 0 Å². The van der Waals surface area contributed by atoms with E-state index in [1.54, 1.807) is 23.9 Å². The third-order valence-corrected chi connectivity index (χ3v) is 3.84. The van der Waals surface area contributed by atoms with E-state index >= 15 is 0 Å². The summed E-state index contributed by atoms with van der Waals surface area (Å²) in [5, 5.41) is 3.27. The van der Waals surface area contributed by atoms with Gasteiger partial charge in [0, 0.05) is 22.7 Å². The molecule has 0 unspecified atom stereocenters. The van der Waals surface area contributed by atoms with Gasteiger partial charge in [-0.05, 0) is 38.3 Å². The minimum Gasteiger partial charge on any atom is -0.398 e. The number of carbonyl (C=O) groups is 1. The maximum atomic E-state index is 11.1. The second-order valence-electron chi connectivity index (χ2n) is 4.48. The first-order chi connectivity index (χ1) is 7.85. The van der Waals surface area contributed by atoms with E-state index in [9.17, 15) is 4.79 Å². The Kier molecular flexibility index (Phi) is 4.28. The first-order valence-electron chi connectivity index (χ1n) is 5.34. The predicted octanol–water partition coefficient (Wildman–Crippen LogP) is 1.92. The number of hydrogen-bond acceptors (Lipinski definition) is 4. The second kappa shape index (κ2) is 5.31. The molecule has 0 saturated carbocycles. The zero-order valence-corrected chi connectivity index (χ0v) is 11.2. The summed E-state index contributed by atoms with van der Waals surface area (Å²) < 4.78 is 0.133. The average molecular weight is 253 g/mol. The fraction of sp³-hybridized carbons (Fsp3) is 0.417. The van der Waals surface area contributed by atoms with Gasteiger partial charge in [-0.15, -0.1) is 0 Å². The van der Waals surface area contributed by atoms with Crippen LogP contribution in [0, 0.1) is 0 Å². The highest BCUT2D eigenvalue weighted by Gasteiger charge is 2.15. The Morgan fingerprint density at radius 2 is 2.12 bits per heavy atom. The van der Waals surface area contributed by atoms with Gasteiger partial charge >= 0.3 is 0 Å². The summed E-state index contributed by atoms with van der Waals surface area (Å²) in [6.07, 6.45) is 2.07. The highest BCUT2D eigenvalue weighted by Crippen LogP contribution is 2.23. The first-order valence-corrected chi connectivity index (χ1v) is 6.56. The van der Waals surface area contributed by atoms with E-state index in [0.29, 0.717) is 11.3 Å². The van der Waals surface area contributed by atoms with Crippen molar-refractivity contribution in [3.63, 3.8) is 0 Å². The number of carbonyl (C=O) groups excluding carboxylic acids is 1. The molecule has 0 aliphatic heterocycles. The Morgan fingerprint density at radius 3 is 2.65 bits per heavy atom. The van der Waals surface area contributed by atoms with E-state index in [2.05, 4.69) is 25.4 Å².